The number of hydrogen-bond acceptors (Lipinski definition) is 4. The molecule has 3 aromatic rings. The highest BCUT2D eigenvalue weighted by Gasteiger charge is 2.63. The second-order valence-corrected chi connectivity index (χ2v) is 9.02. The molecule has 6 heteroatoms. The lowest BCUT2D eigenvalue weighted by molar-refractivity contribution is 0.0951. The Morgan fingerprint density at radius 2 is 1.64 bits per heavy atom. The average molecular weight is 470 g/mol. The van der Waals surface area contributed by atoms with E-state index in [1.807, 2.05) is 41.3 Å². The summed E-state index contributed by atoms with van der Waals surface area (Å²) in [6, 6.07) is 24.6. The zero-order chi connectivity index (χ0) is 23.2. The smallest absolute Gasteiger partial charge is 0.185 e. The lowest BCUT2D eigenvalue weighted by atomic mass is 9.69. The van der Waals surface area contributed by atoms with Crippen LogP contribution in [0.2, 0.25) is 10.0 Å². The minimum absolute atomic E-state index is 0.172. The quantitative estimate of drug-likeness (QED) is 0.423. The number of nitrogens with zero attached hydrogens (tertiary/aromatic N) is 3. The molecule has 3 atom stereocenters. The first-order valence-electron chi connectivity index (χ1n) is 10.4. The van der Waals surface area contributed by atoms with Gasteiger partial charge in [-0.05, 0) is 35.4 Å². The van der Waals surface area contributed by atoms with Gasteiger partial charge in [0.2, 0.25) is 0 Å². The molecule has 4 nitrogen and oxygen atoms in total. The number of rotatable bonds is 3. The molecule has 1 fully saturated rings. The van der Waals surface area contributed by atoms with Gasteiger partial charge in [-0.3, -0.25) is 4.79 Å². The highest BCUT2D eigenvalue weighted by molar-refractivity contribution is 6.31. The number of halogens is 2. The van der Waals surface area contributed by atoms with Crippen LogP contribution < -0.4 is 4.90 Å². The fourth-order valence-corrected chi connectivity index (χ4v) is 5.54. The van der Waals surface area contributed by atoms with Crippen molar-refractivity contribution in [2.45, 2.75) is 18.0 Å². The van der Waals surface area contributed by atoms with Crippen molar-refractivity contribution in [3.05, 3.63) is 106 Å². The molecule has 33 heavy (non-hydrogen) atoms. The molecule has 160 valence electrons. The predicted octanol–water partition coefficient (Wildman–Crippen LogP) is 6.28. The molecular formula is C27H17Cl2N3O. The number of ketones is 1. The molecule has 3 aromatic carbocycles. The third-order valence-electron chi connectivity index (χ3n) is 6.54. The molecule has 0 saturated carbocycles. The summed E-state index contributed by atoms with van der Waals surface area (Å²) in [4.78, 5) is 15.9. The number of hydrogen-bond donors (Lipinski definition) is 0. The van der Waals surface area contributed by atoms with Gasteiger partial charge in [0.15, 0.2) is 11.2 Å². The zero-order valence-electron chi connectivity index (χ0n) is 17.3. The Balaban J connectivity index is 1.81. The van der Waals surface area contributed by atoms with Gasteiger partial charge in [0.25, 0.3) is 0 Å². The molecule has 2 aliphatic rings. The zero-order valence-corrected chi connectivity index (χ0v) is 18.8. The molecule has 0 N–H and O–H groups in total. The lowest BCUT2D eigenvalue weighted by Crippen LogP contribution is -2.44. The van der Waals surface area contributed by atoms with Crippen LogP contribution in [0, 0.1) is 28.1 Å². The van der Waals surface area contributed by atoms with Crippen LogP contribution >= 0.6 is 23.2 Å². The number of fused-ring (bicyclic) bond motifs is 3. The fraction of sp³-hybridized carbons (Fsp3) is 0.148. The van der Waals surface area contributed by atoms with Crippen molar-refractivity contribution in [2.24, 2.45) is 5.41 Å². The van der Waals surface area contributed by atoms with Crippen LogP contribution in [0.25, 0.3) is 6.08 Å². The molecule has 0 aromatic heterocycles. The minimum Gasteiger partial charge on any atom is -0.351 e. The molecule has 0 radical (unpaired) electrons. The van der Waals surface area contributed by atoms with E-state index in [1.54, 1.807) is 48.5 Å². The first kappa shape index (κ1) is 21.3. The van der Waals surface area contributed by atoms with Crippen LogP contribution in [0.15, 0.2) is 78.9 Å². The molecule has 2 heterocycles. The summed E-state index contributed by atoms with van der Waals surface area (Å²) in [7, 11) is 0. The molecule has 0 unspecified atom stereocenters. The highest BCUT2D eigenvalue weighted by atomic mass is 35.5. The fourth-order valence-electron chi connectivity index (χ4n) is 5.11. The van der Waals surface area contributed by atoms with Crippen LogP contribution in [-0.2, 0) is 0 Å². The Labute approximate surface area is 201 Å². The van der Waals surface area contributed by atoms with Crippen molar-refractivity contribution >= 4 is 40.7 Å². The van der Waals surface area contributed by atoms with Gasteiger partial charge in [-0.15, -0.1) is 0 Å². The monoisotopic (exact) mass is 469 g/mol. The van der Waals surface area contributed by atoms with E-state index in [1.165, 1.54) is 0 Å². The SMILES string of the molecule is N#CC1(C#N)[C@H](c2ccccc2Cl)[C@@H](C(=O)c2ccccc2)N2c3ccc(Cl)cc3C=C[C@H]21. The van der Waals surface area contributed by atoms with Crippen molar-refractivity contribution < 1.29 is 4.79 Å². The van der Waals surface area contributed by atoms with E-state index in [9.17, 15) is 15.3 Å². The van der Waals surface area contributed by atoms with Gasteiger partial charge < -0.3 is 4.90 Å². The summed E-state index contributed by atoms with van der Waals surface area (Å²) < 4.78 is 0. The average Bonchev–Trinajstić information content (AvgIpc) is 3.14. The van der Waals surface area contributed by atoms with Crippen molar-refractivity contribution in [1.82, 2.24) is 0 Å². The number of carbonyl (C=O) groups excluding carboxylic acids is 1. The number of benzene rings is 3. The van der Waals surface area contributed by atoms with Crippen molar-refractivity contribution in [2.75, 3.05) is 4.90 Å². The number of carbonyl (C=O) groups is 1. The summed E-state index contributed by atoms with van der Waals surface area (Å²) in [6.45, 7) is 0. The Bertz CT molecular complexity index is 1360. The Kier molecular flexibility index (Phi) is 5.22. The molecule has 2 aliphatic heterocycles. The minimum atomic E-state index is -1.53. The maximum Gasteiger partial charge on any atom is 0.185 e. The van der Waals surface area contributed by atoms with Gasteiger partial charge in [-0.25, -0.2) is 0 Å². The molecule has 0 bridgehead atoms. The second-order valence-electron chi connectivity index (χ2n) is 8.18. The van der Waals surface area contributed by atoms with E-state index in [2.05, 4.69) is 12.1 Å². The summed E-state index contributed by atoms with van der Waals surface area (Å²) >= 11 is 12.8. The van der Waals surface area contributed by atoms with E-state index in [-0.39, 0.29) is 5.78 Å². The van der Waals surface area contributed by atoms with Gasteiger partial charge >= 0.3 is 0 Å². The van der Waals surface area contributed by atoms with Crippen LogP contribution in [-0.4, -0.2) is 17.9 Å². The van der Waals surface area contributed by atoms with Gasteiger partial charge in [0.05, 0.1) is 18.2 Å². The molecular weight excluding hydrogens is 453 g/mol. The van der Waals surface area contributed by atoms with Crippen LogP contribution in [0.4, 0.5) is 5.69 Å². The number of anilines is 1. The van der Waals surface area contributed by atoms with E-state index < -0.39 is 23.4 Å². The molecule has 0 amide bonds. The first-order chi connectivity index (χ1) is 16.0. The van der Waals surface area contributed by atoms with Gasteiger partial charge in [0, 0.05) is 27.2 Å². The maximum atomic E-state index is 14.0. The van der Waals surface area contributed by atoms with E-state index in [0.717, 1.165) is 11.3 Å². The number of Topliss-reactive ketones (excluding diaryl/α,β-unsaturated/α-hetero) is 1. The Morgan fingerprint density at radius 1 is 0.939 bits per heavy atom. The van der Waals surface area contributed by atoms with Crippen LogP contribution in [0.3, 0.4) is 0 Å². The second kappa shape index (κ2) is 8.09. The van der Waals surface area contributed by atoms with Gasteiger partial charge in [-0.1, -0.05) is 83.9 Å². The van der Waals surface area contributed by atoms with Crippen molar-refractivity contribution in [1.29, 1.82) is 10.5 Å². The Morgan fingerprint density at radius 3 is 2.33 bits per heavy atom. The molecule has 0 aliphatic carbocycles. The molecule has 1 saturated heterocycles. The van der Waals surface area contributed by atoms with E-state index >= 15 is 0 Å². The Hall–Kier alpha value is -3.57. The number of nitriles is 2. The standard InChI is InChI=1S/C27H17Cl2N3O/c28-19-11-12-22-18(14-19)10-13-23-27(15-30,16-31)24(20-8-4-5-9-21(20)29)25(32(22)23)26(33)17-6-2-1-3-7-17/h1-14,23-25H/t23-,24+,25-/m0/s1. The lowest BCUT2D eigenvalue weighted by Gasteiger charge is -2.35. The summed E-state index contributed by atoms with van der Waals surface area (Å²) in [5, 5.41) is 21.8. The van der Waals surface area contributed by atoms with Crippen molar-refractivity contribution in [3.8, 4) is 12.1 Å². The molecule has 0 spiro atoms. The van der Waals surface area contributed by atoms with Crippen LogP contribution in [0.1, 0.15) is 27.4 Å². The summed E-state index contributed by atoms with van der Waals surface area (Å²) in [5.74, 6) is -0.945. The summed E-state index contributed by atoms with van der Waals surface area (Å²) in [5.41, 5.74) is 1.17. The van der Waals surface area contributed by atoms with E-state index in [4.69, 9.17) is 23.2 Å². The van der Waals surface area contributed by atoms with Gasteiger partial charge in [0.1, 0.15) is 6.04 Å². The normalized spacial score (nSPS) is 22.1. The van der Waals surface area contributed by atoms with E-state index in [0.29, 0.717) is 21.2 Å². The van der Waals surface area contributed by atoms with Gasteiger partial charge in [-0.2, -0.15) is 10.5 Å². The largest absolute Gasteiger partial charge is 0.351 e. The van der Waals surface area contributed by atoms with Crippen molar-refractivity contribution in [3.63, 3.8) is 0 Å². The molecule has 5 rings (SSSR count). The third-order valence-corrected chi connectivity index (χ3v) is 7.11. The first-order valence-corrected chi connectivity index (χ1v) is 11.2. The predicted molar refractivity (Wildman–Crippen MR) is 129 cm³/mol. The third kappa shape index (κ3) is 3.15. The van der Waals surface area contributed by atoms with Crippen LogP contribution in [0.5, 0.6) is 0 Å². The topological polar surface area (TPSA) is 67.9 Å². The summed E-state index contributed by atoms with van der Waals surface area (Å²) in [6.07, 6.45) is 3.69. The maximum absolute atomic E-state index is 14.0. The highest BCUT2D eigenvalue weighted by Crippen LogP contribution is 2.56.